The molecule has 0 saturated carbocycles. The molecule has 2 heteroatoms. The fourth-order valence-corrected chi connectivity index (χ4v) is 1.88. The Labute approximate surface area is 98.8 Å². The number of benzene rings is 1. The first kappa shape index (κ1) is 13.0. The van der Waals surface area contributed by atoms with Gasteiger partial charge in [0, 0.05) is 0 Å². The van der Waals surface area contributed by atoms with Crippen molar-refractivity contribution in [3.63, 3.8) is 0 Å². The highest BCUT2D eigenvalue weighted by atomic mass is 16.5. The molecule has 0 aliphatic carbocycles. The third-order valence-electron chi connectivity index (χ3n) is 2.97. The van der Waals surface area contributed by atoms with E-state index in [0.29, 0.717) is 5.92 Å². The lowest BCUT2D eigenvalue weighted by molar-refractivity contribution is 0.337. The van der Waals surface area contributed by atoms with Crippen LogP contribution in [0.5, 0.6) is 5.75 Å². The normalized spacial score (nSPS) is 12.5. The first-order valence-electron chi connectivity index (χ1n) is 6.13. The van der Waals surface area contributed by atoms with Crippen molar-refractivity contribution >= 4 is 0 Å². The molecule has 0 fully saturated rings. The van der Waals surface area contributed by atoms with E-state index >= 15 is 0 Å². The minimum Gasteiger partial charge on any atom is -0.494 e. The van der Waals surface area contributed by atoms with E-state index in [4.69, 9.17) is 10.5 Å². The second-order valence-electron chi connectivity index (χ2n) is 4.25. The van der Waals surface area contributed by atoms with E-state index in [2.05, 4.69) is 32.0 Å². The molecule has 0 radical (unpaired) electrons. The number of nitrogens with two attached hydrogens (primary N) is 1. The summed E-state index contributed by atoms with van der Waals surface area (Å²) < 4.78 is 5.52. The van der Waals surface area contributed by atoms with Crippen molar-refractivity contribution < 1.29 is 4.74 Å². The molecule has 0 aromatic heterocycles. The van der Waals surface area contributed by atoms with Crippen molar-refractivity contribution in [3.05, 3.63) is 29.3 Å². The van der Waals surface area contributed by atoms with Crippen LogP contribution in [0.25, 0.3) is 0 Å². The molecule has 1 aromatic rings. The van der Waals surface area contributed by atoms with Crippen molar-refractivity contribution in [1.29, 1.82) is 0 Å². The topological polar surface area (TPSA) is 35.2 Å². The number of aryl methyl sites for hydroxylation is 1. The Morgan fingerprint density at radius 3 is 2.56 bits per heavy atom. The SMILES string of the molecule is CCOc1ccc(CC(CC)CN)cc1C. The zero-order valence-electron chi connectivity index (χ0n) is 10.6. The van der Waals surface area contributed by atoms with E-state index in [1.54, 1.807) is 0 Å². The van der Waals surface area contributed by atoms with Gasteiger partial charge in [-0.2, -0.15) is 0 Å². The zero-order valence-corrected chi connectivity index (χ0v) is 10.6. The second-order valence-corrected chi connectivity index (χ2v) is 4.25. The van der Waals surface area contributed by atoms with Gasteiger partial charge in [-0.05, 0) is 49.9 Å². The lowest BCUT2D eigenvalue weighted by atomic mass is 9.96. The van der Waals surface area contributed by atoms with Crippen LogP contribution in [0.4, 0.5) is 0 Å². The van der Waals surface area contributed by atoms with Crippen LogP contribution in [0.2, 0.25) is 0 Å². The van der Waals surface area contributed by atoms with Gasteiger partial charge in [-0.15, -0.1) is 0 Å². The lowest BCUT2D eigenvalue weighted by Crippen LogP contribution is -2.15. The molecule has 0 aliphatic heterocycles. The smallest absolute Gasteiger partial charge is 0.122 e. The minimum atomic E-state index is 0.595. The number of hydrogen-bond acceptors (Lipinski definition) is 2. The van der Waals surface area contributed by atoms with Gasteiger partial charge in [0.2, 0.25) is 0 Å². The van der Waals surface area contributed by atoms with Crippen molar-refractivity contribution in [2.75, 3.05) is 13.2 Å². The van der Waals surface area contributed by atoms with Crippen LogP contribution < -0.4 is 10.5 Å². The van der Waals surface area contributed by atoms with Crippen LogP contribution in [0.1, 0.15) is 31.4 Å². The molecule has 0 heterocycles. The molecular weight excluding hydrogens is 198 g/mol. The maximum Gasteiger partial charge on any atom is 0.122 e. The van der Waals surface area contributed by atoms with Crippen LogP contribution >= 0.6 is 0 Å². The van der Waals surface area contributed by atoms with Gasteiger partial charge < -0.3 is 10.5 Å². The zero-order chi connectivity index (χ0) is 12.0. The first-order valence-corrected chi connectivity index (χ1v) is 6.13. The summed E-state index contributed by atoms with van der Waals surface area (Å²) in [5.74, 6) is 1.59. The summed E-state index contributed by atoms with van der Waals surface area (Å²) >= 11 is 0. The fraction of sp³-hybridized carbons (Fsp3) is 0.571. The number of ether oxygens (including phenoxy) is 1. The van der Waals surface area contributed by atoms with Gasteiger partial charge in [-0.25, -0.2) is 0 Å². The third-order valence-corrected chi connectivity index (χ3v) is 2.97. The van der Waals surface area contributed by atoms with Gasteiger partial charge in [0.15, 0.2) is 0 Å². The average Bonchev–Trinajstić information content (AvgIpc) is 2.29. The summed E-state index contributed by atoms with van der Waals surface area (Å²) in [6.45, 7) is 7.79. The maximum atomic E-state index is 5.72. The van der Waals surface area contributed by atoms with Crippen molar-refractivity contribution in [3.8, 4) is 5.75 Å². The maximum absolute atomic E-state index is 5.72. The van der Waals surface area contributed by atoms with Crippen LogP contribution in [0, 0.1) is 12.8 Å². The van der Waals surface area contributed by atoms with Crippen LogP contribution in [0.3, 0.4) is 0 Å². The van der Waals surface area contributed by atoms with Crippen molar-refractivity contribution in [2.24, 2.45) is 11.7 Å². The summed E-state index contributed by atoms with van der Waals surface area (Å²) in [7, 11) is 0. The Morgan fingerprint density at radius 2 is 2.06 bits per heavy atom. The summed E-state index contributed by atoms with van der Waals surface area (Å²) in [6, 6.07) is 6.43. The predicted molar refractivity (Wildman–Crippen MR) is 68.9 cm³/mol. The molecule has 0 aliphatic rings. The molecule has 16 heavy (non-hydrogen) atoms. The Morgan fingerprint density at radius 1 is 1.31 bits per heavy atom. The van der Waals surface area contributed by atoms with E-state index in [1.807, 2.05) is 6.92 Å². The molecule has 1 atom stereocenters. The minimum absolute atomic E-state index is 0.595. The molecule has 1 unspecified atom stereocenters. The van der Waals surface area contributed by atoms with E-state index in [0.717, 1.165) is 31.7 Å². The number of hydrogen-bond donors (Lipinski definition) is 1. The fourth-order valence-electron chi connectivity index (χ4n) is 1.88. The highest BCUT2D eigenvalue weighted by Crippen LogP contribution is 2.21. The lowest BCUT2D eigenvalue weighted by Gasteiger charge is -2.14. The molecule has 0 spiro atoms. The van der Waals surface area contributed by atoms with E-state index in [1.165, 1.54) is 11.1 Å². The summed E-state index contributed by atoms with van der Waals surface area (Å²) in [5, 5.41) is 0. The highest BCUT2D eigenvalue weighted by Gasteiger charge is 2.07. The molecular formula is C14H23NO. The summed E-state index contributed by atoms with van der Waals surface area (Å²) in [6.07, 6.45) is 2.21. The molecule has 2 N–H and O–H groups in total. The summed E-state index contributed by atoms with van der Waals surface area (Å²) in [5.41, 5.74) is 8.30. The highest BCUT2D eigenvalue weighted by molar-refractivity contribution is 5.36. The standard InChI is InChI=1S/C14H23NO/c1-4-12(10-15)9-13-6-7-14(16-5-2)11(3)8-13/h6-8,12H,4-5,9-10,15H2,1-3H3. The molecule has 0 saturated heterocycles. The largest absolute Gasteiger partial charge is 0.494 e. The number of rotatable bonds is 6. The molecule has 1 aromatic carbocycles. The molecule has 0 bridgehead atoms. The van der Waals surface area contributed by atoms with E-state index < -0.39 is 0 Å². The Bertz CT molecular complexity index is 319. The molecule has 0 amide bonds. The van der Waals surface area contributed by atoms with Gasteiger partial charge in [0.1, 0.15) is 5.75 Å². The molecule has 1 rings (SSSR count). The summed E-state index contributed by atoms with van der Waals surface area (Å²) in [4.78, 5) is 0. The van der Waals surface area contributed by atoms with Crippen molar-refractivity contribution in [1.82, 2.24) is 0 Å². The molecule has 90 valence electrons. The van der Waals surface area contributed by atoms with Crippen LogP contribution in [-0.4, -0.2) is 13.2 Å². The van der Waals surface area contributed by atoms with Gasteiger partial charge >= 0.3 is 0 Å². The monoisotopic (exact) mass is 221 g/mol. The average molecular weight is 221 g/mol. The van der Waals surface area contributed by atoms with Gasteiger partial charge in [-0.3, -0.25) is 0 Å². The van der Waals surface area contributed by atoms with Gasteiger partial charge in [-0.1, -0.05) is 25.5 Å². The van der Waals surface area contributed by atoms with E-state index in [9.17, 15) is 0 Å². The first-order chi connectivity index (χ1) is 7.71. The quantitative estimate of drug-likeness (QED) is 0.801. The Kier molecular flexibility index (Phi) is 5.33. The third kappa shape index (κ3) is 3.53. The van der Waals surface area contributed by atoms with Crippen LogP contribution in [-0.2, 0) is 6.42 Å². The Hall–Kier alpha value is -1.02. The van der Waals surface area contributed by atoms with Crippen molar-refractivity contribution in [2.45, 2.75) is 33.6 Å². The second kappa shape index (κ2) is 6.54. The van der Waals surface area contributed by atoms with Crippen LogP contribution in [0.15, 0.2) is 18.2 Å². The van der Waals surface area contributed by atoms with Gasteiger partial charge in [0.25, 0.3) is 0 Å². The Balaban J connectivity index is 2.72. The predicted octanol–water partition coefficient (Wildman–Crippen LogP) is 2.92. The van der Waals surface area contributed by atoms with Gasteiger partial charge in [0.05, 0.1) is 6.61 Å². The molecule has 2 nitrogen and oxygen atoms in total. The van der Waals surface area contributed by atoms with E-state index in [-0.39, 0.29) is 0 Å².